The average molecular weight is 480 g/mol. The average Bonchev–Trinajstić information content (AvgIpc) is 3.36. The molecule has 1 saturated heterocycles. The van der Waals surface area contributed by atoms with E-state index >= 15 is 0 Å². The van der Waals surface area contributed by atoms with E-state index in [1.165, 1.54) is 11.8 Å². The van der Waals surface area contributed by atoms with Crippen LogP contribution in [0.25, 0.3) is 10.9 Å². The van der Waals surface area contributed by atoms with Gasteiger partial charge in [-0.15, -0.1) is 0 Å². The van der Waals surface area contributed by atoms with Crippen molar-refractivity contribution >= 4 is 34.4 Å². The standard InChI is InChI=1S/C26H29N3O4S/c1-17(2)14-27-24(31)19-10-11-21-22(13-19)28-26(29(25(21)32)15-20-9-6-12-33-20)34-16-23(30)18-7-4-3-5-8-18/h3-5,7-8,10-11,13,17,20H,6,9,12,14-16H2,1-2H3,(H,27,31). The Hall–Kier alpha value is -2.97. The van der Waals surface area contributed by atoms with E-state index in [9.17, 15) is 14.4 Å². The topological polar surface area (TPSA) is 90.3 Å². The number of thioether (sulfide) groups is 1. The Bertz CT molecular complexity index is 1230. The molecule has 0 bridgehead atoms. The van der Waals surface area contributed by atoms with Gasteiger partial charge in [0.1, 0.15) is 0 Å². The van der Waals surface area contributed by atoms with Gasteiger partial charge < -0.3 is 10.1 Å². The van der Waals surface area contributed by atoms with Gasteiger partial charge in [-0.25, -0.2) is 4.98 Å². The number of nitrogens with zero attached hydrogens (tertiary/aromatic N) is 2. The van der Waals surface area contributed by atoms with Crippen molar-refractivity contribution in [3.05, 3.63) is 70.0 Å². The van der Waals surface area contributed by atoms with E-state index in [2.05, 4.69) is 5.32 Å². The molecule has 1 aliphatic rings. The zero-order chi connectivity index (χ0) is 24.1. The number of nitrogens with one attached hydrogen (secondary N) is 1. The Morgan fingerprint density at radius 2 is 1.97 bits per heavy atom. The molecule has 8 heteroatoms. The second-order valence-electron chi connectivity index (χ2n) is 8.86. The Morgan fingerprint density at radius 3 is 2.68 bits per heavy atom. The number of carbonyl (C=O) groups excluding carboxylic acids is 2. The molecule has 0 radical (unpaired) electrons. The van der Waals surface area contributed by atoms with Crippen LogP contribution in [0.1, 0.15) is 47.4 Å². The van der Waals surface area contributed by atoms with Gasteiger partial charge in [0.05, 0.1) is 29.3 Å². The van der Waals surface area contributed by atoms with Crippen molar-refractivity contribution in [2.24, 2.45) is 5.92 Å². The SMILES string of the molecule is CC(C)CNC(=O)c1ccc2c(=O)n(CC3CCCO3)c(SCC(=O)c3ccccc3)nc2c1. The minimum absolute atomic E-state index is 0.0366. The van der Waals surface area contributed by atoms with Gasteiger partial charge in [0.2, 0.25) is 0 Å². The van der Waals surface area contributed by atoms with Crippen LogP contribution in [-0.2, 0) is 11.3 Å². The van der Waals surface area contributed by atoms with Crippen LogP contribution in [0.4, 0.5) is 0 Å². The maximum atomic E-state index is 13.4. The molecule has 2 aromatic carbocycles. The van der Waals surface area contributed by atoms with Crippen molar-refractivity contribution in [2.75, 3.05) is 18.9 Å². The molecule has 1 fully saturated rings. The molecule has 178 valence electrons. The second-order valence-corrected chi connectivity index (χ2v) is 9.80. The van der Waals surface area contributed by atoms with Crippen molar-refractivity contribution in [3.63, 3.8) is 0 Å². The minimum Gasteiger partial charge on any atom is -0.376 e. The highest BCUT2D eigenvalue weighted by atomic mass is 32.2. The van der Waals surface area contributed by atoms with Gasteiger partial charge in [0.25, 0.3) is 11.5 Å². The summed E-state index contributed by atoms with van der Waals surface area (Å²) < 4.78 is 7.36. The van der Waals surface area contributed by atoms with Crippen LogP contribution < -0.4 is 10.9 Å². The molecular formula is C26H29N3O4S. The molecule has 1 aliphatic heterocycles. The first-order valence-corrected chi connectivity index (χ1v) is 12.6. The fourth-order valence-corrected chi connectivity index (χ4v) is 4.74. The van der Waals surface area contributed by atoms with Crippen molar-refractivity contribution in [2.45, 2.75) is 44.5 Å². The maximum Gasteiger partial charge on any atom is 0.262 e. The van der Waals surface area contributed by atoms with Gasteiger partial charge >= 0.3 is 0 Å². The van der Waals surface area contributed by atoms with E-state index < -0.39 is 0 Å². The fraction of sp³-hybridized carbons (Fsp3) is 0.385. The highest BCUT2D eigenvalue weighted by Gasteiger charge is 2.21. The number of fused-ring (bicyclic) bond motifs is 1. The summed E-state index contributed by atoms with van der Waals surface area (Å²) in [4.78, 5) is 43.4. The van der Waals surface area contributed by atoms with Crippen molar-refractivity contribution in [3.8, 4) is 0 Å². The molecule has 2 heterocycles. The lowest BCUT2D eigenvalue weighted by Gasteiger charge is -2.16. The monoisotopic (exact) mass is 479 g/mol. The Labute approximate surface area is 202 Å². The number of amides is 1. The second kappa shape index (κ2) is 11.0. The van der Waals surface area contributed by atoms with E-state index in [0.29, 0.717) is 52.8 Å². The third-order valence-corrected chi connectivity index (χ3v) is 6.67. The van der Waals surface area contributed by atoms with Gasteiger partial charge in [-0.3, -0.25) is 19.0 Å². The lowest BCUT2D eigenvalue weighted by molar-refractivity contribution is 0.0937. The lowest BCUT2D eigenvalue weighted by atomic mass is 10.1. The van der Waals surface area contributed by atoms with Gasteiger partial charge in [-0.05, 0) is 37.0 Å². The molecule has 1 atom stereocenters. The fourth-order valence-electron chi connectivity index (χ4n) is 3.84. The number of Topliss-reactive ketones (excluding diaryl/α,β-unsaturated/α-hetero) is 1. The highest BCUT2D eigenvalue weighted by molar-refractivity contribution is 7.99. The van der Waals surface area contributed by atoms with Gasteiger partial charge in [0, 0.05) is 24.3 Å². The van der Waals surface area contributed by atoms with E-state index in [-0.39, 0.29) is 29.1 Å². The number of benzene rings is 2. The van der Waals surface area contributed by atoms with Crippen molar-refractivity contribution < 1.29 is 14.3 Å². The zero-order valence-electron chi connectivity index (χ0n) is 19.5. The number of aromatic nitrogens is 2. The quantitative estimate of drug-likeness (QED) is 0.284. The van der Waals surface area contributed by atoms with Crippen LogP contribution in [-0.4, -0.2) is 46.2 Å². The van der Waals surface area contributed by atoms with E-state index in [4.69, 9.17) is 9.72 Å². The van der Waals surface area contributed by atoms with Crippen LogP contribution in [0.3, 0.4) is 0 Å². The summed E-state index contributed by atoms with van der Waals surface area (Å²) in [6.45, 7) is 5.69. The van der Waals surface area contributed by atoms with Crippen molar-refractivity contribution in [1.29, 1.82) is 0 Å². The molecule has 34 heavy (non-hydrogen) atoms. The van der Waals surface area contributed by atoms with Gasteiger partial charge in [0.15, 0.2) is 10.9 Å². The summed E-state index contributed by atoms with van der Waals surface area (Å²) in [6, 6.07) is 14.0. The predicted octanol–water partition coefficient (Wildman–Crippen LogP) is 3.94. The smallest absolute Gasteiger partial charge is 0.262 e. The molecule has 1 unspecified atom stereocenters. The minimum atomic E-state index is -0.200. The molecular weight excluding hydrogens is 450 g/mol. The van der Waals surface area contributed by atoms with E-state index in [1.54, 1.807) is 34.9 Å². The lowest BCUT2D eigenvalue weighted by Crippen LogP contribution is -2.30. The summed E-state index contributed by atoms with van der Waals surface area (Å²) in [5.41, 5.74) is 1.32. The van der Waals surface area contributed by atoms with Gasteiger partial charge in [-0.1, -0.05) is 55.9 Å². The first-order valence-electron chi connectivity index (χ1n) is 11.6. The number of ether oxygens (including phenoxy) is 1. The normalized spacial score (nSPS) is 15.7. The zero-order valence-corrected chi connectivity index (χ0v) is 20.3. The maximum absolute atomic E-state index is 13.4. The first kappa shape index (κ1) is 24.2. The number of rotatable bonds is 9. The van der Waals surface area contributed by atoms with Crippen LogP contribution >= 0.6 is 11.8 Å². The molecule has 4 rings (SSSR count). The summed E-state index contributed by atoms with van der Waals surface area (Å²) in [5.74, 6) is 0.250. The Balaban J connectivity index is 1.66. The van der Waals surface area contributed by atoms with Crippen LogP contribution in [0.15, 0.2) is 58.5 Å². The Morgan fingerprint density at radius 1 is 1.18 bits per heavy atom. The molecule has 7 nitrogen and oxygen atoms in total. The van der Waals surface area contributed by atoms with E-state index in [1.807, 2.05) is 32.0 Å². The van der Waals surface area contributed by atoms with Crippen LogP contribution in [0.2, 0.25) is 0 Å². The van der Waals surface area contributed by atoms with Gasteiger partial charge in [-0.2, -0.15) is 0 Å². The highest BCUT2D eigenvalue weighted by Crippen LogP contribution is 2.22. The molecule has 0 spiro atoms. The van der Waals surface area contributed by atoms with Crippen LogP contribution in [0.5, 0.6) is 0 Å². The summed E-state index contributed by atoms with van der Waals surface area (Å²) in [5, 5.41) is 3.79. The third-order valence-electron chi connectivity index (χ3n) is 5.69. The largest absolute Gasteiger partial charge is 0.376 e. The Kier molecular flexibility index (Phi) is 7.80. The summed E-state index contributed by atoms with van der Waals surface area (Å²) in [6.07, 6.45) is 1.79. The molecule has 3 aromatic rings. The first-order chi connectivity index (χ1) is 16.4. The third kappa shape index (κ3) is 5.74. The number of hydrogen-bond acceptors (Lipinski definition) is 6. The van der Waals surface area contributed by atoms with Crippen LogP contribution in [0, 0.1) is 5.92 Å². The molecule has 1 amide bonds. The number of ketones is 1. The molecule has 0 saturated carbocycles. The summed E-state index contributed by atoms with van der Waals surface area (Å²) in [7, 11) is 0. The van der Waals surface area contributed by atoms with E-state index in [0.717, 1.165) is 12.8 Å². The number of hydrogen-bond donors (Lipinski definition) is 1. The predicted molar refractivity (Wildman–Crippen MR) is 134 cm³/mol. The molecule has 0 aliphatic carbocycles. The molecule has 1 aromatic heterocycles. The van der Waals surface area contributed by atoms with Crippen molar-refractivity contribution in [1.82, 2.24) is 14.9 Å². The summed E-state index contributed by atoms with van der Waals surface area (Å²) >= 11 is 1.24. The number of carbonyl (C=O) groups is 2. The molecule has 1 N–H and O–H groups in total.